The second-order valence-corrected chi connectivity index (χ2v) is 4.21. The van der Waals surface area contributed by atoms with E-state index in [0.717, 1.165) is 31.5 Å². The second kappa shape index (κ2) is 4.77. The van der Waals surface area contributed by atoms with Crippen LogP contribution in [0.15, 0.2) is 12.4 Å². The SMILES string of the molecule is CCn1cc(COC2CC(CN)C2)cn1. The largest absolute Gasteiger partial charge is 0.373 e. The molecular formula is C11H19N3O. The van der Waals surface area contributed by atoms with Crippen LogP contribution in [0.4, 0.5) is 0 Å². The molecule has 0 atom stereocenters. The maximum absolute atomic E-state index is 5.75. The first-order valence-corrected chi connectivity index (χ1v) is 5.64. The topological polar surface area (TPSA) is 53.1 Å². The van der Waals surface area contributed by atoms with Crippen molar-refractivity contribution in [3.05, 3.63) is 18.0 Å². The van der Waals surface area contributed by atoms with Crippen LogP contribution in [0, 0.1) is 5.92 Å². The van der Waals surface area contributed by atoms with Crippen molar-refractivity contribution in [1.82, 2.24) is 9.78 Å². The number of hydrogen-bond acceptors (Lipinski definition) is 3. The van der Waals surface area contributed by atoms with Crippen LogP contribution in [0.1, 0.15) is 25.3 Å². The van der Waals surface area contributed by atoms with Crippen molar-refractivity contribution < 1.29 is 4.74 Å². The summed E-state index contributed by atoms with van der Waals surface area (Å²) in [6.45, 7) is 4.48. The van der Waals surface area contributed by atoms with Gasteiger partial charge in [-0.25, -0.2) is 0 Å². The van der Waals surface area contributed by atoms with Gasteiger partial charge in [0.25, 0.3) is 0 Å². The van der Waals surface area contributed by atoms with Crippen LogP contribution >= 0.6 is 0 Å². The Kier molecular flexibility index (Phi) is 3.38. The molecule has 1 heterocycles. The lowest BCUT2D eigenvalue weighted by molar-refractivity contribution is -0.0376. The standard InChI is InChI=1S/C11H19N3O/c1-2-14-7-10(6-13-14)8-15-11-3-9(4-11)5-12/h6-7,9,11H,2-5,8,12H2,1H3. The van der Waals surface area contributed by atoms with E-state index in [1.165, 1.54) is 0 Å². The zero-order chi connectivity index (χ0) is 10.7. The fourth-order valence-corrected chi connectivity index (χ4v) is 1.87. The minimum Gasteiger partial charge on any atom is -0.373 e. The molecule has 0 unspecified atom stereocenters. The number of aryl methyl sites for hydroxylation is 1. The first-order valence-electron chi connectivity index (χ1n) is 5.64. The molecule has 4 nitrogen and oxygen atoms in total. The predicted octanol–water partition coefficient (Wildman–Crippen LogP) is 1.16. The fourth-order valence-electron chi connectivity index (χ4n) is 1.87. The molecule has 0 saturated heterocycles. The molecule has 1 fully saturated rings. The molecule has 1 aliphatic carbocycles. The highest BCUT2D eigenvalue weighted by atomic mass is 16.5. The highest BCUT2D eigenvalue weighted by molar-refractivity contribution is 5.02. The Labute approximate surface area is 90.4 Å². The van der Waals surface area contributed by atoms with Crippen molar-refractivity contribution >= 4 is 0 Å². The maximum atomic E-state index is 5.75. The van der Waals surface area contributed by atoms with Crippen molar-refractivity contribution in [3.8, 4) is 0 Å². The van der Waals surface area contributed by atoms with Crippen molar-refractivity contribution in [2.75, 3.05) is 6.54 Å². The molecule has 84 valence electrons. The molecule has 0 amide bonds. The first kappa shape index (κ1) is 10.6. The highest BCUT2D eigenvalue weighted by Crippen LogP contribution is 2.29. The summed E-state index contributed by atoms with van der Waals surface area (Å²) in [7, 11) is 0. The van der Waals surface area contributed by atoms with E-state index in [2.05, 4.69) is 12.0 Å². The number of rotatable bonds is 5. The molecule has 2 rings (SSSR count). The summed E-state index contributed by atoms with van der Waals surface area (Å²) in [5.41, 5.74) is 6.72. The Morgan fingerprint density at radius 2 is 2.40 bits per heavy atom. The maximum Gasteiger partial charge on any atom is 0.0751 e. The molecule has 0 bridgehead atoms. The van der Waals surface area contributed by atoms with Crippen LogP contribution in [0.3, 0.4) is 0 Å². The number of aromatic nitrogens is 2. The molecule has 0 aromatic carbocycles. The van der Waals surface area contributed by atoms with Crippen LogP contribution < -0.4 is 5.73 Å². The number of hydrogen-bond donors (Lipinski definition) is 1. The Morgan fingerprint density at radius 3 is 3.00 bits per heavy atom. The Hall–Kier alpha value is -0.870. The average Bonchev–Trinajstić information content (AvgIpc) is 2.64. The zero-order valence-corrected chi connectivity index (χ0v) is 9.22. The molecule has 0 radical (unpaired) electrons. The third-order valence-electron chi connectivity index (χ3n) is 3.02. The van der Waals surface area contributed by atoms with E-state index in [4.69, 9.17) is 10.5 Å². The summed E-state index contributed by atoms with van der Waals surface area (Å²) < 4.78 is 7.66. The van der Waals surface area contributed by atoms with Gasteiger partial charge in [-0.2, -0.15) is 5.10 Å². The van der Waals surface area contributed by atoms with Crippen LogP contribution in [-0.4, -0.2) is 22.4 Å². The molecular weight excluding hydrogens is 190 g/mol. The van der Waals surface area contributed by atoms with Gasteiger partial charge in [0.05, 0.1) is 18.9 Å². The molecule has 1 aromatic heterocycles. The summed E-state index contributed by atoms with van der Waals surface area (Å²) in [6, 6.07) is 0. The number of nitrogens with two attached hydrogens (primary N) is 1. The van der Waals surface area contributed by atoms with Crippen molar-refractivity contribution in [1.29, 1.82) is 0 Å². The van der Waals surface area contributed by atoms with E-state index < -0.39 is 0 Å². The summed E-state index contributed by atoms with van der Waals surface area (Å²) in [5.74, 6) is 0.688. The molecule has 0 aliphatic heterocycles. The Balaban J connectivity index is 1.70. The van der Waals surface area contributed by atoms with Crippen LogP contribution in [0.25, 0.3) is 0 Å². The van der Waals surface area contributed by atoms with E-state index in [-0.39, 0.29) is 0 Å². The molecule has 15 heavy (non-hydrogen) atoms. The van der Waals surface area contributed by atoms with Gasteiger partial charge in [0, 0.05) is 18.3 Å². The average molecular weight is 209 g/mol. The predicted molar refractivity (Wildman–Crippen MR) is 58.3 cm³/mol. The second-order valence-electron chi connectivity index (χ2n) is 4.21. The van der Waals surface area contributed by atoms with E-state index in [1.807, 2.05) is 17.1 Å². The lowest BCUT2D eigenvalue weighted by Gasteiger charge is -2.34. The van der Waals surface area contributed by atoms with Gasteiger partial charge in [-0.3, -0.25) is 4.68 Å². The molecule has 0 spiro atoms. The molecule has 1 aliphatic rings. The molecule has 1 aromatic rings. The van der Waals surface area contributed by atoms with Gasteiger partial charge in [0.2, 0.25) is 0 Å². The van der Waals surface area contributed by atoms with Crippen LogP contribution in [0.5, 0.6) is 0 Å². The number of ether oxygens (including phenoxy) is 1. The van der Waals surface area contributed by atoms with E-state index in [0.29, 0.717) is 18.6 Å². The van der Waals surface area contributed by atoms with Crippen LogP contribution in [-0.2, 0) is 17.9 Å². The number of nitrogens with zero attached hydrogens (tertiary/aromatic N) is 2. The van der Waals surface area contributed by atoms with Gasteiger partial charge in [0.15, 0.2) is 0 Å². The molecule has 2 N–H and O–H groups in total. The summed E-state index contributed by atoms with van der Waals surface area (Å²) >= 11 is 0. The lowest BCUT2D eigenvalue weighted by Crippen LogP contribution is -2.35. The quantitative estimate of drug-likeness (QED) is 0.791. The van der Waals surface area contributed by atoms with Crippen molar-refractivity contribution in [2.45, 2.75) is 39.0 Å². The third-order valence-corrected chi connectivity index (χ3v) is 3.02. The normalized spacial score (nSPS) is 25.2. The third kappa shape index (κ3) is 2.58. The van der Waals surface area contributed by atoms with Gasteiger partial charge in [0.1, 0.15) is 0 Å². The fraction of sp³-hybridized carbons (Fsp3) is 0.727. The minimum absolute atomic E-state index is 0.420. The summed E-state index contributed by atoms with van der Waals surface area (Å²) in [6.07, 6.45) is 6.59. The van der Waals surface area contributed by atoms with Gasteiger partial charge >= 0.3 is 0 Å². The lowest BCUT2D eigenvalue weighted by atomic mass is 9.82. The first-order chi connectivity index (χ1) is 7.31. The minimum atomic E-state index is 0.420. The van der Waals surface area contributed by atoms with Gasteiger partial charge in [-0.15, -0.1) is 0 Å². The van der Waals surface area contributed by atoms with Gasteiger partial charge < -0.3 is 10.5 Å². The monoisotopic (exact) mass is 209 g/mol. The van der Waals surface area contributed by atoms with Crippen LogP contribution in [0.2, 0.25) is 0 Å². The molecule has 1 saturated carbocycles. The van der Waals surface area contributed by atoms with Crippen molar-refractivity contribution in [3.63, 3.8) is 0 Å². The van der Waals surface area contributed by atoms with E-state index >= 15 is 0 Å². The highest BCUT2D eigenvalue weighted by Gasteiger charge is 2.28. The molecule has 4 heteroatoms. The summed E-state index contributed by atoms with van der Waals surface area (Å²) in [4.78, 5) is 0. The van der Waals surface area contributed by atoms with E-state index in [1.54, 1.807) is 0 Å². The van der Waals surface area contributed by atoms with Gasteiger partial charge in [-0.1, -0.05) is 0 Å². The Bertz CT molecular complexity index is 305. The zero-order valence-electron chi connectivity index (χ0n) is 9.22. The summed E-state index contributed by atoms with van der Waals surface area (Å²) in [5, 5.41) is 4.20. The Morgan fingerprint density at radius 1 is 1.60 bits per heavy atom. The van der Waals surface area contributed by atoms with Gasteiger partial charge in [-0.05, 0) is 32.2 Å². The van der Waals surface area contributed by atoms with E-state index in [9.17, 15) is 0 Å². The smallest absolute Gasteiger partial charge is 0.0751 e. The van der Waals surface area contributed by atoms with Crippen molar-refractivity contribution in [2.24, 2.45) is 11.7 Å².